The largest absolute Gasteiger partial charge is 0.481 e. The van der Waals surface area contributed by atoms with E-state index in [0.717, 1.165) is 22.3 Å². The summed E-state index contributed by atoms with van der Waals surface area (Å²) >= 11 is 0. The fraction of sp³-hybridized carbons (Fsp3) is 0.375. The van der Waals surface area contributed by atoms with Crippen LogP contribution in [0.1, 0.15) is 43.7 Å². The van der Waals surface area contributed by atoms with Gasteiger partial charge in [0.1, 0.15) is 12.6 Å². The number of benzene rings is 2. The Morgan fingerprint density at radius 1 is 1.00 bits per heavy atom. The van der Waals surface area contributed by atoms with Crippen molar-refractivity contribution in [1.82, 2.24) is 10.6 Å². The van der Waals surface area contributed by atoms with E-state index in [4.69, 9.17) is 9.84 Å². The van der Waals surface area contributed by atoms with Crippen LogP contribution in [-0.4, -0.2) is 42.3 Å². The lowest BCUT2D eigenvalue weighted by Crippen LogP contribution is -2.45. The van der Waals surface area contributed by atoms with Crippen LogP contribution in [0.2, 0.25) is 0 Å². The van der Waals surface area contributed by atoms with E-state index in [1.165, 1.54) is 0 Å². The number of nitrogens with one attached hydrogen (secondary N) is 2. The monoisotopic (exact) mass is 424 g/mol. The van der Waals surface area contributed by atoms with E-state index >= 15 is 0 Å². The summed E-state index contributed by atoms with van der Waals surface area (Å²) in [7, 11) is 0. The van der Waals surface area contributed by atoms with Crippen molar-refractivity contribution in [1.29, 1.82) is 0 Å². The van der Waals surface area contributed by atoms with E-state index < -0.39 is 24.0 Å². The number of carbonyl (C=O) groups is 3. The van der Waals surface area contributed by atoms with E-state index in [1.807, 2.05) is 36.4 Å². The fourth-order valence-electron chi connectivity index (χ4n) is 3.78. The lowest BCUT2D eigenvalue weighted by atomic mass is 9.98. The minimum Gasteiger partial charge on any atom is -0.481 e. The Labute approximate surface area is 181 Å². The number of carboxylic acids is 1. The molecule has 31 heavy (non-hydrogen) atoms. The highest BCUT2D eigenvalue weighted by Crippen LogP contribution is 2.44. The van der Waals surface area contributed by atoms with E-state index in [9.17, 15) is 14.4 Å². The molecule has 0 saturated carbocycles. The Morgan fingerprint density at radius 3 is 2.16 bits per heavy atom. The molecule has 0 bridgehead atoms. The second-order valence-electron chi connectivity index (χ2n) is 7.86. The minimum atomic E-state index is -0.850. The van der Waals surface area contributed by atoms with Crippen LogP contribution in [0, 0.1) is 5.92 Å². The number of carboxylic acid groups (broad SMARTS) is 1. The molecule has 0 spiro atoms. The van der Waals surface area contributed by atoms with E-state index in [1.54, 1.807) is 13.8 Å². The second-order valence-corrected chi connectivity index (χ2v) is 7.86. The first kappa shape index (κ1) is 22.3. The first-order valence-corrected chi connectivity index (χ1v) is 10.5. The van der Waals surface area contributed by atoms with Gasteiger partial charge in [0, 0.05) is 12.5 Å². The zero-order chi connectivity index (χ0) is 22.4. The predicted molar refractivity (Wildman–Crippen MR) is 117 cm³/mol. The van der Waals surface area contributed by atoms with Crippen LogP contribution in [-0.2, 0) is 14.3 Å². The minimum absolute atomic E-state index is 0.0430. The molecule has 7 nitrogen and oxygen atoms in total. The van der Waals surface area contributed by atoms with Crippen LogP contribution in [0.4, 0.5) is 4.79 Å². The molecule has 0 aromatic heterocycles. The molecule has 2 atom stereocenters. The molecule has 1 unspecified atom stereocenters. The van der Waals surface area contributed by atoms with Crippen LogP contribution in [0.3, 0.4) is 0 Å². The quantitative estimate of drug-likeness (QED) is 0.534. The van der Waals surface area contributed by atoms with Crippen LogP contribution in [0.5, 0.6) is 0 Å². The summed E-state index contributed by atoms with van der Waals surface area (Å²) in [6.45, 7) is 3.75. The normalized spacial score (nSPS) is 14.1. The maximum Gasteiger partial charge on any atom is 0.407 e. The molecule has 0 saturated heterocycles. The highest BCUT2D eigenvalue weighted by molar-refractivity contribution is 5.85. The second kappa shape index (κ2) is 10.1. The van der Waals surface area contributed by atoms with E-state index in [0.29, 0.717) is 19.4 Å². The highest BCUT2D eigenvalue weighted by Gasteiger charge is 2.29. The first-order chi connectivity index (χ1) is 14.9. The topological polar surface area (TPSA) is 105 Å². The number of amides is 2. The molecule has 2 aromatic rings. The van der Waals surface area contributed by atoms with E-state index in [-0.39, 0.29) is 18.4 Å². The van der Waals surface area contributed by atoms with Gasteiger partial charge in [-0.15, -0.1) is 0 Å². The molecule has 1 aliphatic rings. The van der Waals surface area contributed by atoms with Gasteiger partial charge in [-0.3, -0.25) is 9.59 Å². The van der Waals surface area contributed by atoms with Gasteiger partial charge in [0.2, 0.25) is 5.91 Å². The lowest BCUT2D eigenvalue weighted by molar-refractivity contribution is -0.141. The Hall–Kier alpha value is -3.35. The Morgan fingerprint density at radius 2 is 1.58 bits per heavy atom. The molecule has 1 aliphatic carbocycles. The zero-order valence-corrected chi connectivity index (χ0v) is 17.8. The summed E-state index contributed by atoms with van der Waals surface area (Å²) in [5, 5.41) is 14.1. The van der Waals surface area contributed by atoms with Gasteiger partial charge < -0.3 is 20.5 Å². The van der Waals surface area contributed by atoms with Gasteiger partial charge in [0.15, 0.2) is 0 Å². The van der Waals surface area contributed by atoms with Gasteiger partial charge in [-0.1, -0.05) is 55.5 Å². The average molecular weight is 424 g/mol. The van der Waals surface area contributed by atoms with Crippen molar-refractivity contribution in [2.75, 3.05) is 13.2 Å². The maximum atomic E-state index is 12.3. The summed E-state index contributed by atoms with van der Waals surface area (Å²) in [6.07, 6.45) is 0.379. The molecule has 7 heteroatoms. The van der Waals surface area contributed by atoms with Gasteiger partial charge in [-0.25, -0.2) is 4.79 Å². The van der Waals surface area contributed by atoms with Crippen molar-refractivity contribution in [2.24, 2.45) is 5.92 Å². The molecule has 3 N–H and O–H groups in total. The SMILES string of the molecule is CC(CCCNC(=O)[C@@H](C)NC(=O)OCC1c2ccccc2-c2ccccc21)C(=O)O. The van der Waals surface area contributed by atoms with Crippen molar-refractivity contribution < 1.29 is 24.2 Å². The van der Waals surface area contributed by atoms with Crippen LogP contribution in [0.25, 0.3) is 11.1 Å². The van der Waals surface area contributed by atoms with Crippen molar-refractivity contribution >= 4 is 18.0 Å². The number of hydrogen-bond donors (Lipinski definition) is 3. The number of fused-ring (bicyclic) bond motifs is 3. The smallest absolute Gasteiger partial charge is 0.407 e. The standard InChI is InChI=1S/C24H28N2O5/c1-15(23(28)29)8-7-13-25-22(27)16(2)26-24(30)31-14-21-19-11-5-3-9-17(19)18-10-4-6-12-20(18)21/h3-6,9-12,15-16,21H,7-8,13-14H2,1-2H3,(H,25,27)(H,26,30)(H,28,29)/t15?,16-/m1/s1. The lowest BCUT2D eigenvalue weighted by Gasteiger charge is -2.17. The van der Waals surface area contributed by atoms with Gasteiger partial charge in [-0.05, 0) is 42.0 Å². The Balaban J connectivity index is 1.47. The maximum absolute atomic E-state index is 12.3. The van der Waals surface area contributed by atoms with Crippen molar-refractivity contribution in [3.05, 3.63) is 59.7 Å². The number of carbonyl (C=O) groups excluding carboxylic acids is 2. The fourth-order valence-corrected chi connectivity index (χ4v) is 3.78. The number of alkyl carbamates (subject to hydrolysis) is 1. The third kappa shape index (κ3) is 5.42. The summed E-state index contributed by atoms with van der Waals surface area (Å²) in [4.78, 5) is 35.2. The first-order valence-electron chi connectivity index (χ1n) is 10.5. The number of rotatable bonds is 9. The summed E-state index contributed by atoms with van der Waals surface area (Å²) < 4.78 is 5.45. The number of aliphatic carboxylic acids is 1. The molecule has 0 fully saturated rings. The highest BCUT2D eigenvalue weighted by atomic mass is 16.5. The average Bonchev–Trinajstić information content (AvgIpc) is 3.08. The molecule has 0 heterocycles. The third-order valence-electron chi connectivity index (χ3n) is 5.61. The molecule has 2 amide bonds. The van der Waals surface area contributed by atoms with Gasteiger partial charge >= 0.3 is 12.1 Å². The Kier molecular flexibility index (Phi) is 7.28. The van der Waals surface area contributed by atoms with Gasteiger partial charge in [0.05, 0.1) is 5.92 Å². The van der Waals surface area contributed by atoms with Gasteiger partial charge in [-0.2, -0.15) is 0 Å². The van der Waals surface area contributed by atoms with Crippen LogP contribution < -0.4 is 10.6 Å². The Bertz CT molecular complexity index is 913. The summed E-state index contributed by atoms with van der Waals surface area (Å²) in [5.41, 5.74) is 4.55. The predicted octanol–water partition coefficient (Wildman–Crippen LogP) is 3.53. The van der Waals surface area contributed by atoms with Crippen LogP contribution >= 0.6 is 0 Å². The molecule has 3 rings (SSSR count). The summed E-state index contributed by atoms with van der Waals surface area (Å²) in [5.74, 6) is -1.68. The zero-order valence-electron chi connectivity index (χ0n) is 17.8. The van der Waals surface area contributed by atoms with Crippen molar-refractivity contribution in [3.63, 3.8) is 0 Å². The van der Waals surface area contributed by atoms with Crippen molar-refractivity contribution in [3.8, 4) is 11.1 Å². The molecular formula is C24H28N2O5. The number of ether oxygens (including phenoxy) is 1. The number of hydrogen-bond acceptors (Lipinski definition) is 4. The van der Waals surface area contributed by atoms with Crippen molar-refractivity contribution in [2.45, 2.75) is 38.6 Å². The molecule has 2 aromatic carbocycles. The summed E-state index contributed by atoms with van der Waals surface area (Å²) in [6, 6.07) is 15.4. The van der Waals surface area contributed by atoms with Gasteiger partial charge in [0.25, 0.3) is 0 Å². The molecule has 0 aliphatic heterocycles. The third-order valence-corrected chi connectivity index (χ3v) is 5.61. The van der Waals surface area contributed by atoms with Crippen LogP contribution in [0.15, 0.2) is 48.5 Å². The molecular weight excluding hydrogens is 396 g/mol. The molecule has 164 valence electrons. The molecule has 0 radical (unpaired) electrons. The van der Waals surface area contributed by atoms with E-state index in [2.05, 4.69) is 22.8 Å².